The van der Waals surface area contributed by atoms with E-state index in [4.69, 9.17) is 0 Å². The standard InChI is InChI=1S/C7H17P/c1-4-6-8-7(3)5-2/h7-8H,4-6H2,1-3H3. The number of hydrogen-bond acceptors (Lipinski definition) is 0. The predicted octanol–water partition coefficient (Wildman–Crippen LogP) is 2.87. The van der Waals surface area contributed by atoms with Crippen LogP contribution in [0, 0.1) is 0 Å². The highest BCUT2D eigenvalue weighted by molar-refractivity contribution is 7.38. The van der Waals surface area contributed by atoms with E-state index in [1.165, 1.54) is 27.6 Å². The van der Waals surface area contributed by atoms with E-state index in [0.29, 0.717) is 0 Å². The van der Waals surface area contributed by atoms with Gasteiger partial charge in [0.25, 0.3) is 0 Å². The van der Waals surface area contributed by atoms with Gasteiger partial charge in [-0.05, 0) is 18.2 Å². The first-order valence-corrected chi connectivity index (χ1v) is 4.83. The molecule has 1 heteroatoms. The Bertz CT molecular complexity index is 43.7. The van der Waals surface area contributed by atoms with E-state index in [2.05, 4.69) is 20.8 Å². The van der Waals surface area contributed by atoms with E-state index < -0.39 is 0 Å². The molecule has 0 bridgehead atoms. The first-order chi connectivity index (χ1) is 3.81. The first kappa shape index (κ1) is 8.43. The lowest BCUT2D eigenvalue weighted by atomic mass is 10.4. The van der Waals surface area contributed by atoms with E-state index >= 15 is 0 Å². The van der Waals surface area contributed by atoms with Crippen molar-refractivity contribution in [2.24, 2.45) is 0 Å². The third-order valence-corrected chi connectivity index (χ3v) is 3.25. The highest BCUT2D eigenvalue weighted by atomic mass is 31.1. The average molecular weight is 132 g/mol. The molecule has 0 nitrogen and oxygen atoms in total. The Balaban J connectivity index is 2.86. The second-order valence-corrected chi connectivity index (χ2v) is 4.16. The molecule has 8 heavy (non-hydrogen) atoms. The van der Waals surface area contributed by atoms with E-state index in [0.717, 1.165) is 5.66 Å². The lowest BCUT2D eigenvalue weighted by molar-refractivity contribution is 0.894. The molecule has 2 atom stereocenters. The summed E-state index contributed by atoms with van der Waals surface area (Å²) in [6.07, 6.45) is 4.16. The molecule has 0 heterocycles. The SMILES string of the molecule is CCCPC(C)CC. The van der Waals surface area contributed by atoms with Crippen molar-refractivity contribution in [3.8, 4) is 0 Å². The van der Waals surface area contributed by atoms with Gasteiger partial charge in [0.15, 0.2) is 0 Å². The Labute approximate surface area is 54.8 Å². The molecule has 0 aromatic carbocycles. The van der Waals surface area contributed by atoms with Gasteiger partial charge in [-0.25, -0.2) is 0 Å². The molecule has 0 saturated heterocycles. The topological polar surface area (TPSA) is 0 Å². The number of rotatable bonds is 4. The summed E-state index contributed by atoms with van der Waals surface area (Å²) in [5, 5.41) is 0. The van der Waals surface area contributed by atoms with E-state index in [1.54, 1.807) is 0 Å². The van der Waals surface area contributed by atoms with Crippen LogP contribution in [0.3, 0.4) is 0 Å². The predicted molar refractivity (Wildman–Crippen MR) is 43.2 cm³/mol. The van der Waals surface area contributed by atoms with Crippen LogP contribution in [-0.2, 0) is 0 Å². The first-order valence-electron chi connectivity index (χ1n) is 3.54. The average Bonchev–Trinajstić information content (AvgIpc) is 1.83. The fourth-order valence-electron chi connectivity index (χ4n) is 0.535. The molecular formula is C7H17P. The maximum atomic E-state index is 2.34. The molecule has 0 aromatic rings. The van der Waals surface area contributed by atoms with Gasteiger partial charge in [0.2, 0.25) is 0 Å². The van der Waals surface area contributed by atoms with Gasteiger partial charge in [-0.1, -0.05) is 27.2 Å². The zero-order valence-electron chi connectivity index (χ0n) is 6.20. The van der Waals surface area contributed by atoms with Gasteiger partial charge in [-0.3, -0.25) is 0 Å². The summed E-state index contributed by atoms with van der Waals surface area (Å²) in [5.74, 6) is 0. The molecule has 0 rings (SSSR count). The maximum Gasteiger partial charge on any atom is -0.0268 e. The van der Waals surface area contributed by atoms with Gasteiger partial charge in [0, 0.05) is 0 Å². The molecule has 0 aliphatic rings. The van der Waals surface area contributed by atoms with Crippen molar-refractivity contribution in [2.45, 2.75) is 39.3 Å². The number of hydrogen-bond donors (Lipinski definition) is 0. The molecule has 2 unspecified atom stereocenters. The Kier molecular flexibility index (Phi) is 5.86. The summed E-state index contributed by atoms with van der Waals surface area (Å²) >= 11 is 0. The summed E-state index contributed by atoms with van der Waals surface area (Å²) in [4.78, 5) is 0. The summed E-state index contributed by atoms with van der Waals surface area (Å²) in [6, 6.07) is 0. The second-order valence-electron chi connectivity index (χ2n) is 2.26. The van der Waals surface area contributed by atoms with Crippen molar-refractivity contribution in [3.05, 3.63) is 0 Å². The van der Waals surface area contributed by atoms with Gasteiger partial charge in [0.1, 0.15) is 0 Å². The van der Waals surface area contributed by atoms with Crippen molar-refractivity contribution >= 4 is 8.58 Å². The van der Waals surface area contributed by atoms with Crippen LogP contribution in [0.4, 0.5) is 0 Å². The van der Waals surface area contributed by atoms with Crippen LogP contribution < -0.4 is 0 Å². The molecule has 0 aliphatic heterocycles. The monoisotopic (exact) mass is 132 g/mol. The van der Waals surface area contributed by atoms with Crippen LogP contribution in [0.5, 0.6) is 0 Å². The summed E-state index contributed by atoms with van der Waals surface area (Å²) in [5.41, 5.74) is 0.981. The zero-order chi connectivity index (χ0) is 6.41. The molecule has 0 N–H and O–H groups in total. The molecule has 0 aliphatic carbocycles. The lowest BCUT2D eigenvalue weighted by Crippen LogP contribution is -1.89. The fraction of sp³-hybridized carbons (Fsp3) is 1.00. The minimum Gasteiger partial charge on any atom is -0.119 e. The van der Waals surface area contributed by atoms with Gasteiger partial charge >= 0.3 is 0 Å². The Morgan fingerprint density at radius 1 is 1.38 bits per heavy atom. The quantitative estimate of drug-likeness (QED) is 0.516. The van der Waals surface area contributed by atoms with Crippen LogP contribution >= 0.6 is 8.58 Å². The highest BCUT2D eigenvalue weighted by Crippen LogP contribution is 2.21. The van der Waals surface area contributed by atoms with Gasteiger partial charge < -0.3 is 0 Å². The molecule has 0 amide bonds. The molecule has 0 radical (unpaired) electrons. The molecule has 0 saturated carbocycles. The fourth-order valence-corrected chi connectivity index (χ4v) is 1.61. The second kappa shape index (κ2) is 5.56. The molecular weight excluding hydrogens is 115 g/mol. The maximum absolute atomic E-state index is 2.34. The van der Waals surface area contributed by atoms with Gasteiger partial charge in [-0.15, -0.1) is 8.58 Å². The summed E-state index contributed by atoms with van der Waals surface area (Å²) in [6.45, 7) is 6.87. The zero-order valence-corrected chi connectivity index (χ0v) is 7.20. The normalized spacial score (nSPS) is 15.4. The summed E-state index contributed by atoms with van der Waals surface area (Å²) < 4.78 is 0. The molecule has 50 valence electrons. The van der Waals surface area contributed by atoms with E-state index in [-0.39, 0.29) is 0 Å². The Hall–Kier alpha value is 0.430. The third-order valence-electron chi connectivity index (χ3n) is 1.36. The van der Waals surface area contributed by atoms with Gasteiger partial charge in [-0.2, -0.15) is 0 Å². The van der Waals surface area contributed by atoms with Crippen molar-refractivity contribution in [3.63, 3.8) is 0 Å². The van der Waals surface area contributed by atoms with Crippen molar-refractivity contribution in [1.82, 2.24) is 0 Å². The highest BCUT2D eigenvalue weighted by Gasteiger charge is 1.94. The van der Waals surface area contributed by atoms with E-state index in [1.807, 2.05) is 0 Å². The van der Waals surface area contributed by atoms with Crippen LogP contribution in [-0.4, -0.2) is 11.8 Å². The third kappa shape index (κ3) is 4.59. The smallest absolute Gasteiger partial charge is 0.0268 e. The molecule has 0 aromatic heterocycles. The van der Waals surface area contributed by atoms with Crippen LogP contribution in [0.1, 0.15) is 33.6 Å². The van der Waals surface area contributed by atoms with Crippen LogP contribution in [0.15, 0.2) is 0 Å². The molecule has 0 spiro atoms. The molecule has 0 fully saturated rings. The Morgan fingerprint density at radius 3 is 2.38 bits per heavy atom. The van der Waals surface area contributed by atoms with E-state index in [9.17, 15) is 0 Å². The largest absolute Gasteiger partial charge is 0.119 e. The van der Waals surface area contributed by atoms with Crippen LogP contribution in [0.25, 0.3) is 0 Å². The summed E-state index contributed by atoms with van der Waals surface area (Å²) in [7, 11) is 1.21. The van der Waals surface area contributed by atoms with Crippen LogP contribution in [0.2, 0.25) is 0 Å². The van der Waals surface area contributed by atoms with Crippen molar-refractivity contribution in [2.75, 3.05) is 6.16 Å². The Morgan fingerprint density at radius 2 is 2.00 bits per heavy atom. The van der Waals surface area contributed by atoms with Crippen molar-refractivity contribution < 1.29 is 0 Å². The minimum absolute atomic E-state index is 0.981. The van der Waals surface area contributed by atoms with Crippen molar-refractivity contribution in [1.29, 1.82) is 0 Å². The lowest BCUT2D eigenvalue weighted by Gasteiger charge is -2.05. The van der Waals surface area contributed by atoms with Gasteiger partial charge in [0.05, 0.1) is 0 Å². The minimum atomic E-state index is 0.981.